The molecule has 0 radical (unpaired) electrons. The minimum Gasteiger partial charge on any atom is -0.357 e. The summed E-state index contributed by atoms with van der Waals surface area (Å²) in [6.45, 7) is 8.46. The highest BCUT2D eigenvalue weighted by Gasteiger charge is 2.21. The van der Waals surface area contributed by atoms with Crippen molar-refractivity contribution in [2.75, 3.05) is 43.3 Å². The minimum absolute atomic E-state index is 0.00518. The van der Waals surface area contributed by atoms with E-state index in [0.29, 0.717) is 30.3 Å². The molecule has 0 bridgehead atoms. The van der Waals surface area contributed by atoms with Crippen LogP contribution < -0.4 is 4.31 Å². The number of amides is 1. The maximum Gasteiger partial charge on any atom is 0.234 e. The Hall–Kier alpha value is -2.62. The van der Waals surface area contributed by atoms with Gasteiger partial charge in [-0.25, -0.2) is 8.42 Å². The van der Waals surface area contributed by atoms with Crippen LogP contribution in [0.5, 0.6) is 0 Å². The Morgan fingerprint density at radius 2 is 1.76 bits per heavy atom. The Morgan fingerprint density at radius 3 is 2.35 bits per heavy atom. The van der Waals surface area contributed by atoms with Gasteiger partial charge in [-0.15, -0.1) is 0 Å². The number of rotatable bonds is 6. The van der Waals surface area contributed by atoms with E-state index in [-0.39, 0.29) is 11.7 Å². The molecule has 1 fully saturated rings. The molecular weight excluding hydrogens is 474 g/mol. The third-order valence-corrected chi connectivity index (χ3v) is 7.96. The summed E-state index contributed by atoms with van der Waals surface area (Å²) < 4.78 is 26.2. The van der Waals surface area contributed by atoms with Gasteiger partial charge in [-0.3, -0.25) is 19.0 Å². The van der Waals surface area contributed by atoms with Gasteiger partial charge < -0.3 is 9.88 Å². The van der Waals surface area contributed by atoms with Crippen LogP contribution in [0.4, 0.5) is 5.69 Å². The molecule has 2 heterocycles. The quantitative estimate of drug-likeness (QED) is 0.647. The highest BCUT2D eigenvalue weighted by molar-refractivity contribution is 7.92. The number of H-pyrrole nitrogens is 1. The van der Waals surface area contributed by atoms with Gasteiger partial charge in [-0.05, 0) is 43.7 Å². The zero-order valence-electron chi connectivity index (χ0n) is 20.1. The van der Waals surface area contributed by atoms with Crippen molar-refractivity contribution in [2.24, 2.45) is 0 Å². The van der Waals surface area contributed by atoms with E-state index in [4.69, 9.17) is 16.6 Å². The highest BCUT2D eigenvalue weighted by atomic mass is 35.5. The van der Waals surface area contributed by atoms with Gasteiger partial charge in [0, 0.05) is 57.4 Å². The van der Waals surface area contributed by atoms with Crippen LogP contribution in [0.3, 0.4) is 0 Å². The highest BCUT2D eigenvalue weighted by Crippen LogP contribution is 2.24. The molecule has 1 amide bonds. The van der Waals surface area contributed by atoms with Crippen molar-refractivity contribution in [3.63, 3.8) is 0 Å². The van der Waals surface area contributed by atoms with Crippen molar-refractivity contribution < 1.29 is 13.2 Å². The van der Waals surface area contributed by atoms with E-state index in [9.17, 15) is 13.2 Å². The number of aromatic amines is 1. The smallest absolute Gasteiger partial charge is 0.234 e. The van der Waals surface area contributed by atoms with Crippen LogP contribution in [0.1, 0.15) is 25.2 Å². The standard InChI is InChI=1S/C24H32ClN5O3S/c1-5-34(32,33)28(4)22-11-6-18(2)27-24(20-7-9-21(25)10-8-20)23(26-16-22)17-29-12-14-30(15-13-29)19(3)31/h6-11,16,27H,5,12-15,17H2,1-4H3. The molecule has 1 aliphatic rings. The molecule has 0 aliphatic carbocycles. The van der Waals surface area contributed by atoms with E-state index in [1.165, 1.54) is 11.4 Å². The van der Waals surface area contributed by atoms with Gasteiger partial charge in [-0.2, -0.15) is 0 Å². The molecule has 2 aromatic rings. The molecule has 0 saturated carbocycles. The van der Waals surface area contributed by atoms with Gasteiger partial charge in [0.2, 0.25) is 15.9 Å². The lowest BCUT2D eigenvalue weighted by atomic mass is 10.1. The lowest BCUT2D eigenvalue weighted by Gasteiger charge is -2.34. The molecule has 1 saturated heterocycles. The van der Waals surface area contributed by atoms with E-state index < -0.39 is 10.0 Å². The predicted octanol–water partition coefficient (Wildman–Crippen LogP) is 3.61. The third-order valence-electron chi connectivity index (χ3n) is 5.94. The van der Waals surface area contributed by atoms with Crippen LogP contribution in [0.25, 0.3) is 11.3 Å². The summed E-state index contributed by atoms with van der Waals surface area (Å²) in [5, 5.41) is 0.639. The first-order valence-corrected chi connectivity index (χ1v) is 13.2. The van der Waals surface area contributed by atoms with Gasteiger partial charge in [0.25, 0.3) is 0 Å². The summed E-state index contributed by atoms with van der Waals surface area (Å²) in [6.07, 6.45) is 1.60. The SMILES string of the molecule is CCS(=O)(=O)N(C)c1ccc(C)[nH]c(-c2ccc(Cl)cc2)c(CN2CCN(C(C)=O)CC2)nc1. The van der Waals surface area contributed by atoms with Crippen molar-refractivity contribution in [3.8, 4) is 11.3 Å². The van der Waals surface area contributed by atoms with Gasteiger partial charge in [-0.1, -0.05) is 23.7 Å². The number of hydrogen-bond acceptors (Lipinski definition) is 5. The van der Waals surface area contributed by atoms with Gasteiger partial charge in [0.15, 0.2) is 0 Å². The van der Waals surface area contributed by atoms with Crippen molar-refractivity contribution in [3.05, 3.63) is 59.0 Å². The molecule has 0 unspecified atom stereocenters. The van der Waals surface area contributed by atoms with E-state index in [0.717, 1.165) is 35.7 Å². The second kappa shape index (κ2) is 11.2. The molecule has 184 valence electrons. The Bertz CT molecular complexity index is 1170. The maximum atomic E-state index is 12.5. The molecule has 8 nitrogen and oxygen atoms in total. The number of nitrogens with one attached hydrogen (secondary N) is 1. The predicted molar refractivity (Wildman–Crippen MR) is 137 cm³/mol. The Balaban J connectivity index is 2.10. The number of carbonyl (C=O) groups excluding carboxylic acids is 1. The Labute approximate surface area is 206 Å². The summed E-state index contributed by atoms with van der Waals surface area (Å²) in [4.78, 5) is 24.0. The topological polar surface area (TPSA) is 89.6 Å². The second-order valence-corrected chi connectivity index (χ2v) is 11.0. The summed E-state index contributed by atoms with van der Waals surface area (Å²) in [5.74, 6) is 0.0768. The normalized spacial score (nSPS) is 14.6. The van der Waals surface area contributed by atoms with Crippen LogP contribution in [0, 0.1) is 6.92 Å². The molecule has 10 heteroatoms. The number of nitrogens with zero attached hydrogens (tertiary/aromatic N) is 4. The van der Waals surface area contributed by atoms with E-state index in [1.54, 1.807) is 26.1 Å². The number of hydrogen-bond donors (Lipinski definition) is 1. The summed E-state index contributed by atoms with van der Waals surface area (Å²) in [6, 6.07) is 11.1. The molecule has 34 heavy (non-hydrogen) atoms. The van der Waals surface area contributed by atoms with Crippen molar-refractivity contribution in [1.82, 2.24) is 19.8 Å². The number of benzene rings is 1. The average Bonchev–Trinajstić information content (AvgIpc) is 2.89. The maximum absolute atomic E-state index is 12.5. The van der Waals surface area contributed by atoms with Crippen LogP contribution in [-0.4, -0.2) is 73.1 Å². The summed E-state index contributed by atoms with van der Waals surface area (Å²) in [7, 11) is -1.90. The van der Waals surface area contributed by atoms with Gasteiger partial charge >= 0.3 is 0 Å². The monoisotopic (exact) mass is 505 g/mol. The van der Waals surface area contributed by atoms with Gasteiger partial charge in [0.05, 0.1) is 29.0 Å². The number of aryl methyl sites for hydroxylation is 1. The lowest BCUT2D eigenvalue weighted by molar-refractivity contribution is -0.130. The van der Waals surface area contributed by atoms with E-state index in [1.807, 2.05) is 42.2 Å². The molecular formula is C24H32ClN5O3S. The average molecular weight is 506 g/mol. The molecule has 1 aliphatic heterocycles. The molecule has 0 spiro atoms. The fourth-order valence-corrected chi connectivity index (χ4v) is 4.66. The van der Waals surface area contributed by atoms with Crippen LogP contribution in [0.15, 0.2) is 42.6 Å². The second-order valence-electron chi connectivity index (χ2n) is 8.30. The first-order valence-electron chi connectivity index (χ1n) is 11.2. The molecule has 1 aromatic carbocycles. The van der Waals surface area contributed by atoms with Crippen molar-refractivity contribution >= 4 is 33.2 Å². The first-order chi connectivity index (χ1) is 16.1. The van der Waals surface area contributed by atoms with Crippen LogP contribution in [0.2, 0.25) is 5.02 Å². The van der Waals surface area contributed by atoms with Crippen molar-refractivity contribution in [2.45, 2.75) is 27.3 Å². The zero-order valence-corrected chi connectivity index (χ0v) is 21.7. The molecule has 1 aromatic heterocycles. The molecule has 1 N–H and O–H groups in total. The number of aromatic nitrogens is 2. The van der Waals surface area contributed by atoms with Crippen molar-refractivity contribution in [1.29, 1.82) is 0 Å². The number of piperazine rings is 1. The fourth-order valence-electron chi connectivity index (χ4n) is 3.72. The summed E-state index contributed by atoms with van der Waals surface area (Å²) >= 11 is 6.12. The minimum atomic E-state index is -3.44. The zero-order chi connectivity index (χ0) is 24.9. The number of sulfonamides is 1. The molecule has 3 rings (SSSR count). The summed E-state index contributed by atoms with van der Waals surface area (Å²) in [5.41, 5.74) is 3.82. The first kappa shape index (κ1) is 26.0. The number of carbonyl (C=O) groups is 1. The Kier molecular flexibility index (Phi) is 8.57. The molecule has 0 atom stereocenters. The Morgan fingerprint density at radius 1 is 1.12 bits per heavy atom. The van der Waals surface area contributed by atoms with E-state index >= 15 is 0 Å². The lowest BCUT2D eigenvalue weighted by Crippen LogP contribution is -2.47. The largest absolute Gasteiger partial charge is 0.357 e. The van der Waals surface area contributed by atoms with Crippen LogP contribution >= 0.6 is 11.6 Å². The number of halogens is 1. The van der Waals surface area contributed by atoms with E-state index in [2.05, 4.69) is 9.88 Å². The van der Waals surface area contributed by atoms with Gasteiger partial charge in [0.1, 0.15) is 0 Å². The third kappa shape index (κ3) is 6.49. The fraction of sp³-hybridized carbons (Fsp3) is 0.417. The van der Waals surface area contributed by atoms with Crippen LogP contribution in [-0.2, 0) is 21.4 Å². The number of anilines is 1.